The first-order valence-corrected chi connectivity index (χ1v) is 8.22. The summed E-state index contributed by atoms with van der Waals surface area (Å²) in [5.41, 5.74) is 2.70. The van der Waals surface area contributed by atoms with E-state index in [2.05, 4.69) is 0 Å². The van der Waals surface area contributed by atoms with Crippen LogP contribution in [0.3, 0.4) is 0 Å². The van der Waals surface area contributed by atoms with Crippen LogP contribution in [0.5, 0.6) is 5.75 Å². The molecule has 0 heterocycles. The van der Waals surface area contributed by atoms with Crippen molar-refractivity contribution in [2.45, 2.75) is 11.8 Å². The van der Waals surface area contributed by atoms with Crippen molar-refractivity contribution in [2.24, 2.45) is 0 Å². The SMILES string of the molecule is Cc1ccccc1OCC(=O)NNS(=O)(=O)c1ccc(F)cc1F. The third-order valence-electron chi connectivity index (χ3n) is 2.96. The summed E-state index contributed by atoms with van der Waals surface area (Å²) in [4.78, 5) is 12.6. The maximum atomic E-state index is 13.5. The molecule has 2 rings (SSSR count). The third-order valence-corrected chi connectivity index (χ3v) is 4.24. The fraction of sp³-hybridized carbons (Fsp3) is 0.133. The number of hydrazine groups is 1. The van der Waals surface area contributed by atoms with E-state index in [-0.39, 0.29) is 0 Å². The number of sulfonamides is 1. The Labute approximate surface area is 137 Å². The van der Waals surface area contributed by atoms with Crippen molar-refractivity contribution in [1.82, 2.24) is 10.3 Å². The molecule has 0 saturated carbocycles. The van der Waals surface area contributed by atoms with Gasteiger partial charge in [-0.3, -0.25) is 10.2 Å². The number of hydrogen-bond acceptors (Lipinski definition) is 4. The number of hydrogen-bond donors (Lipinski definition) is 2. The number of carbonyl (C=O) groups excluding carboxylic acids is 1. The Kier molecular flexibility index (Phi) is 5.47. The van der Waals surface area contributed by atoms with E-state index >= 15 is 0 Å². The van der Waals surface area contributed by atoms with E-state index in [4.69, 9.17) is 4.74 Å². The summed E-state index contributed by atoms with van der Waals surface area (Å²) in [5, 5.41) is 0. The average molecular weight is 356 g/mol. The molecule has 0 aliphatic carbocycles. The van der Waals surface area contributed by atoms with E-state index in [9.17, 15) is 22.0 Å². The number of aryl methyl sites for hydroxylation is 1. The summed E-state index contributed by atoms with van der Waals surface area (Å²) >= 11 is 0. The Hall–Kier alpha value is -2.52. The van der Waals surface area contributed by atoms with Crippen LogP contribution < -0.4 is 15.0 Å². The smallest absolute Gasteiger partial charge is 0.272 e. The summed E-state index contributed by atoms with van der Waals surface area (Å²) in [6.07, 6.45) is 0. The van der Waals surface area contributed by atoms with Crippen LogP contribution in [0.25, 0.3) is 0 Å². The van der Waals surface area contributed by atoms with Gasteiger partial charge in [0.05, 0.1) is 0 Å². The molecule has 24 heavy (non-hydrogen) atoms. The monoisotopic (exact) mass is 356 g/mol. The molecule has 0 atom stereocenters. The largest absolute Gasteiger partial charge is 0.483 e. The van der Waals surface area contributed by atoms with Gasteiger partial charge in [0, 0.05) is 6.07 Å². The van der Waals surface area contributed by atoms with Crippen LogP contribution in [0.2, 0.25) is 0 Å². The number of carbonyl (C=O) groups is 1. The van der Waals surface area contributed by atoms with Gasteiger partial charge in [-0.1, -0.05) is 18.2 Å². The van der Waals surface area contributed by atoms with Crippen molar-refractivity contribution in [3.63, 3.8) is 0 Å². The molecule has 0 aliphatic rings. The Morgan fingerprint density at radius 3 is 2.54 bits per heavy atom. The van der Waals surface area contributed by atoms with Gasteiger partial charge in [-0.15, -0.1) is 4.83 Å². The lowest BCUT2D eigenvalue weighted by Gasteiger charge is -2.11. The summed E-state index contributed by atoms with van der Waals surface area (Å²) in [6, 6.07) is 8.93. The van der Waals surface area contributed by atoms with Crippen molar-refractivity contribution >= 4 is 15.9 Å². The highest BCUT2D eigenvalue weighted by Gasteiger charge is 2.20. The minimum absolute atomic E-state index is 0.428. The molecule has 1 amide bonds. The molecule has 0 bridgehead atoms. The van der Waals surface area contributed by atoms with Gasteiger partial charge in [0.15, 0.2) is 6.61 Å². The lowest BCUT2D eigenvalue weighted by molar-refractivity contribution is -0.123. The molecule has 128 valence electrons. The molecule has 0 aliphatic heterocycles. The Morgan fingerprint density at radius 1 is 1.17 bits per heavy atom. The number of ether oxygens (including phenoxy) is 1. The zero-order valence-electron chi connectivity index (χ0n) is 12.5. The van der Waals surface area contributed by atoms with Crippen LogP contribution in [0.15, 0.2) is 47.4 Å². The van der Waals surface area contributed by atoms with E-state index in [1.807, 2.05) is 5.43 Å². The number of rotatable bonds is 6. The standard InChI is InChI=1S/C15H14F2N2O4S/c1-10-4-2-3-5-13(10)23-9-15(20)18-19-24(21,22)14-7-6-11(16)8-12(14)17/h2-8,19H,9H2,1H3,(H,18,20). The van der Waals surface area contributed by atoms with Gasteiger partial charge in [0.1, 0.15) is 22.3 Å². The van der Waals surface area contributed by atoms with E-state index in [0.717, 1.165) is 17.7 Å². The molecule has 9 heteroatoms. The maximum absolute atomic E-state index is 13.5. The molecule has 2 aromatic rings. The van der Waals surface area contributed by atoms with Crippen LogP contribution in [0.1, 0.15) is 5.56 Å². The topological polar surface area (TPSA) is 84.5 Å². The highest BCUT2D eigenvalue weighted by atomic mass is 32.2. The zero-order chi connectivity index (χ0) is 17.7. The molecule has 2 N–H and O–H groups in total. The Bertz CT molecular complexity index is 856. The summed E-state index contributed by atoms with van der Waals surface area (Å²) in [6.45, 7) is 1.34. The first-order valence-electron chi connectivity index (χ1n) is 6.74. The number of benzene rings is 2. The predicted octanol–water partition coefficient (Wildman–Crippen LogP) is 1.66. The van der Waals surface area contributed by atoms with Crippen LogP contribution in [-0.4, -0.2) is 20.9 Å². The van der Waals surface area contributed by atoms with Gasteiger partial charge in [-0.2, -0.15) is 0 Å². The van der Waals surface area contributed by atoms with Gasteiger partial charge in [-0.25, -0.2) is 17.2 Å². The Morgan fingerprint density at radius 2 is 1.88 bits per heavy atom. The molecule has 0 fully saturated rings. The van der Waals surface area contributed by atoms with Gasteiger partial charge >= 0.3 is 0 Å². The van der Waals surface area contributed by atoms with Crippen LogP contribution in [0, 0.1) is 18.6 Å². The minimum atomic E-state index is -4.37. The second kappa shape index (κ2) is 7.37. The first kappa shape index (κ1) is 17.8. The number of nitrogens with one attached hydrogen (secondary N) is 2. The van der Waals surface area contributed by atoms with Crippen molar-refractivity contribution in [2.75, 3.05) is 6.61 Å². The first-order chi connectivity index (χ1) is 11.3. The molecular weight excluding hydrogens is 342 g/mol. The molecule has 0 aromatic heterocycles. The Balaban J connectivity index is 1.94. The predicted molar refractivity (Wildman–Crippen MR) is 81.5 cm³/mol. The summed E-state index contributed by atoms with van der Waals surface area (Å²) in [7, 11) is -4.37. The van der Waals surface area contributed by atoms with E-state index in [1.54, 1.807) is 36.0 Å². The molecule has 0 saturated heterocycles. The van der Waals surface area contributed by atoms with Crippen molar-refractivity contribution < 1.29 is 26.7 Å². The minimum Gasteiger partial charge on any atom is -0.483 e. The van der Waals surface area contributed by atoms with Gasteiger partial charge < -0.3 is 4.74 Å². The number of para-hydroxylation sites is 1. The lowest BCUT2D eigenvalue weighted by Crippen LogP contribution is -2.44. The normalized spacial score (nSPS) is 11.1. The average Bonchev–Trinajstić information content (AvgIpc) is 2.52. The third kappa shape index (κ3) is 4.49. The molecule has 0 radical (unpaired) electrons. The lowest BCUT2D eigenvalue weighted by atomic mass is 10.2. The highest BCUT2D eigenvalue weighted by molar-refractivity contribution is 7.89. The maximum Gasteiger partial charge on any atom is 0.272 e. The van der Waals surface area contributed by atoms with E-state index in [1.165, 1.54) is 0 Å². The second-order valence-corrected chi connectivity index (χ2v) is 6.43. The van der Waals surface area contributed by atoms with E-state index in [0.29, 0.717) is 11.8 Å². The summed E-state index contributed by atoms with van der Waals surface area (Å²) in [5.74, 6) is -2.50. The van der Waals surface area contributed by atoms with Gasteiger partial charge in [0.25, 0.3) is 15.9 Å². The molecular formula is C15H14F2N2O4S. The number of halogens is 2. The second-order valence-electron chi connectivity index (χ2n) is 4.78. The van der Waals surface area contributed by atoms with Crippen molar-refractivity contribution in [1.29, 1.82) is 0 Å². The molecule has 2 aromatic carbocycles. The molecule has 6 nitrogen and oxygen atoms in total. The van der Waals surface area contributed by atoms with Crippen molar-refractivity contribution in [3.05, 3.63) is 59.7 Å². The quantitative estimate of drug-likeness (QED) is 0.771. The number of amides is 1. The van der Waals surface area contributed by atoms with Crippen LogP contribution >= 0.6 is 0 Å². The summed E-state index contributed by atoms with van der Waals surface area (Å²) < 4.78 is 55.3. The van der Waals surface area contributed by atoms with E-state index < -0.39 is 39.1 Å². The fourth-order valence-electron chi connectivity index (χ4n) is 1.77. The van der Waals surface area contributed by atoms with Crippen molar-refractivity contribution in [3.8, 4) is 5.75 Å². The molecule has 0 unspecified atom stereocenters. The molecule has 0 spiro atoms. The highest BCUT2D eigenvalue weighted by Crippen LogP contribution is 2.16. The van der Waals surface area contributed by atoms with Crippen LogP contribution in [0.4, 0.5) is 8.78 Å². The van der Waals surface area contributed by atoms with Gasteiger partial charge in [0.2, 0.25) is 0 Å². The fourth-order valence-corrected chi connectivity index (χ4v) is 2.69. The zero-order valence-corrected chi connectivity index (χ0v) is 13.4. The van der Waals surface area contributed by atoms with Crippen LogP contribution in [-0.2, 0) is 14.8 Å². The van der Waals surface area contributed by atoms with Gasteiger partial charge in [-0.05, 0) is 30.7 Å².